The quantitative estimate of drug-likeness (QED) is 0.675. The first-order valence-corrected chi connectivity index (χ1v) is 8.08. The molecule has 0 saturated heterocycles. The maximum Gasteiger partial charge on any atom is 0.0756 e. The van der Waals surface area contributed by atoms with E-state index in [1.54, 1.807) is 0 Å². The van der Waals surface area contributed by atoms with E-state index in [0.29, 0.717) is 12.1 Å². The molecule has 0 heterocycles. The zero-order chi connectivity index (χ0) is 13.9. The molecule has 1 N–H and O–H groups in total. The van der Waals surface area contributed by atoms with Gasteiger partial charge in [0.05, 0.1) is 6.10 Å². The molecule has 0 aromatic rings. The molecular weight excluding hydrogens is 234 g/mol. The van der Waals surface area contributed by atoms with Crippen LogP contribution in [-0.4, -0.2) is 25.3 Å². The molecule has 1 aliphatic rings. The van der Waals surface area contributed by atoms with Crippen molar-refractivity contribution in [3.05, 3.63) is 0 Å². The first-order chi connectivity index (χ1) is 9.33. The van der Waals surface area contributed by atoms with Crippen molar-refractivity contribution in [2.75, 3.05) is 13.2 Å². The fourth-order valence-electron chi connectivity index (χ4n) is 3.23. The molecule has 0 radical (unpaired) electrons. The predicted molar refractivity (Wildman–Crippen MR) is 82.1 cm³/mol. The van der Waals surface area contributed by atoms with Crippen LogP contribution in [0.2, 0.25) is 0 Å². The summed E-state index contributed by atoms with van der Waals surface area (Å²) in [7, 11) is 0. The number of rotatable bonds is 8. The van der Waals surface area contributed by atoms with Crippen LogP contribution in [0.15, 0.2) is 0 Å². The Balaban J connectivity index is 2.61. The highest BCUT2D eigenvalue weighted by molar-refractivity contribution is 4.97. The number of nitrogens with one attached hydrogen (secondary N) is 1. The van der Waals surface area contributed by atoms with Crippen LogP contribution in [-0.2, 0) is 4.74 Å². The van der Waals surface area contributed by atoms with Gasteiger partial charge in [0, 0.05) is 19.1 Å². The average molecular weight is 265 g/mol. The SMILES string of the molecule is CC#CCCC(NCC)C(OCC)C1CCCCC1. The van der Waals surface area contributed by atoms with E-state index in [4.69, 9.17) is 4.74 Å². The van der Waals surface area contributed by atoms with Crippen LogP contribution in [0.4, 0.5) is 0 Å². The van der Waals surface area contributed by atoms with E-state index in [0.717, 1.165) is 31.9 Å². The molecule has 0 spiro atoms. The normalized spacial score (nSPS) is 19.5. The highest BCUT2D eigenvalue weighted by Crippen LogP contribution is 2.30. The van der Waals surface area contributed by atoms with Crippen molar-refractivity contribution >= 4 is 0 Å². The molecule has 0 bridgehead atoms. The zero-order valence-corrected chi connectivity index (χ0v) is 13.0. The lowest BCUT2D eigenvalue weighted by atomic mass is 9.81. The summed E-state index contributed by atoms with van der Waals surface area (Å²) in [6, 6.07) is 0.467. The Hall–Kier alpha value is -0.520. The maximum absolute atomic E-state index is 6.12. The third kappa shape index (κ3) is 5.97. The van der Waals surface area contributed by atoms with E-state index in [9.17, 15) is 0 Å². The Morgan fingerprint density at radius 3 is 2.53 bits per heavy atom. The molecule has 1 fully saturated rings. The summed E-state index contributed by atoms with van der Waals surface area (Å²) >= 11 is 0. The first-order valence-electron chi connectivity index (χ1n) is 8.08. The molecule has 19 heavy (non-hydrogen) atoms. The van der Waals surface area contributed by atoms with Gasteiger partial charge in [-0.2, -0.15) is 0 Å². The number of likely N-dealkylation sites (N-methyl/N-ethyl adjacent to an activating group) is 1. The summed E-state index contributed by atoms with van der Waals surface area (Å²) in [5, 5.41) is 3.63. The minimum atomic E-state index is 0.379. The second-order valence-corrected chi connectivity index (χ2v) is 5.45. The molecule has 2 unspecified atom stereocenters. The molecule has 0 aromatic heterocycles. The van der Waals surface area contributed by atoms with Crippen LogP contribution < -0.4 is 5.32 Å². The molecule has 1 saturated carbocycles. The minimum absolute atomic E-state index is 0.379. The Bertz CT molecular complexity index is 273. The van der Waals surface area contributed by atoms with Crippen molar-refractivity contribution in [1.82, 2.24) is 5.32 Å². The Morgan fingerprint density at radius 1 is 1.21 bits per heavy atom. The van der Waals surface area contributed by atoms with Gasteiger partial charge in [-0.25, -0.2) is 0 Å². The van der Waals surface area contributed by atoms with Crippen LogP contribution in [0, 0.1) is 17.8 Å². The second kappa shape index (κ2) is 10.3. The van der Waals surface area contributed by atoms with Gasteiger partial charge < -0.3 is 10.1 Å². The first kappa shape index (κ1) is 16.5. The van der Waals surface area contributed by atoms with E-state index in [2.05, 4.69) is 31.0 Å². The van der Waals surface area contributed by atoms with Crippen molar-refractivity contribution in [2.45, 2.75) is 77.9 Å². The lowest BCUT2D eigenvalue weighted by Crippen LogP contribution is -2.46. The van der Waals surface area contributed by atoms with Crippen LogP contribution in [0.5, 0.6) is 0 Å². The lowest BCUT2D eigenvalue weighted by molar-refractivity contribution is -0.0187. The minimum Gasteiger partial charge on any atom is -0.377 e. The third-order valence-corrected chi connectivity index (χ3v) is 4.09. The van der Waals surface area contributed by atoms with Crippen LogP contribution in [0.3, 0.4) is 0 Å². The van der Waals surface area contributed by atoms with Gasteiger partial charge in [-0.15, -0.1) is 11.8 Å². The van der Waals surface area contributed by atoms with Gasteiger partial charge in [0.1, 0.15) is 0 Å². The van der Waals surface area contributed by atoms with E-state index in [1.807, 2.05) is 6.92 Å². The monoisotopic (exact) mass is 265 g/mol. The molecular formula is C17H31NO. The largest absolute Gasteiger partial charge is 0.377 e. The van der Waals surface area contributed by atoms with Gasteiger partial charge in [-0.05, 0) is 45.6 Å². The van der Waals surface area contributed by atoms with Gasteiger partial charge >= 0.3 is 0 Å². The van der Waals surface area contributed by atoms with Crippen LogP contribution >= 0.6 is 0 Å². The summed E-state index contributed by atoms with van der Waals surface area (Å²) in [5.41, 5.74) is 0. The van der Waals surface area contributed by atoms with Crippen molar-refractivity contribution in [2.24, 2.45) is 5.92 Å². The van der Waals surface area contributed by atoms with E-state index >= 15 is 0 Å². The second-order valence-electron chi connectivity index (χ2n) is 5.45. The number of hydrogen-bond acceptors (Lipinski definition) is 2. The molecule has 2 heteroatoms. The number of ether oxygens (including phenoxy) is 1. The van der Waals surface area contributed by atoms with Crippen molar-refractivity contribution < 1.29 is 4.74 Å². The van der Waals surface area contributed by atoms with Crippen molar-refractivity contribution in [3.63, 3.8) is 0 Å². The summed E-state index contributed by atoms with van der Waals surface area (Å²) < 4.78 is 6.12. The molecule has 0 aromatic carbocycles. The van der Waals surface area contributed by atoms with Gasteiger partial charge in [0.2, 0.25) is 0 Å². The average Bonchev–Trinajstić information content (AvgIpc) is 2.45. The molecule has 1 rings (SSSR count). The highest BCUT2D eigenvalue weighted by Gasteiger charge is 2.30. The van der Waals surface area contributed by atoms with Crippen LogP contribution in [0.1, 0.15) is 65.7 Å². The van der Waals surface area contributed by atoms with Gasteiger partial charge in [0.25, 0.3) is 0 Å². The molecule has 0 amide bonds. The summed E-state index contributed by atoms with van der Waals surface area (Å²) in [6.07, 6.45) is 9.30. The van der Waals surface area contributed by atoms with Gasteiger partial charge in [-0.1, -0.05) is 26.2 Å². The summed E-state index contributed by atoms with van der Waals surface area (Å²) in [4.78, 5) is 0. The fourth-order valence-corrected chi connectivity index (χ4v) is 3.23. The predicted octanol–water partition coefficient (Wildman–Crippen LogP) is 3.75. The topological polar surface area (TPSA) is 21.3 Å². The Morgan fingerprint density at radius 2 is 1.95 bits per heavy atom. The van der Waals surface area contributed by atoms with E-state index < -0.39 is 0 Å². The van der Waals surface area contributed by atoms with Crippen molar-refractivity contribution in [1.29, 1.82) is 0 Å². The highest BCUT2D eigenvalue weighted by atomic mass is 16.5. The van der Waals surface area contributed by atoms with E-state index in [1.165, 1.54) is 32.1 Å². The molecule has 2 nitrogen and oxygen atoms in total. The third-order valence-electron chi connectivity index (χ3n) is 4.09. The zero-order valence-electron chi connectivity index (χ0n) is 13.0. The smallest absolute Gasteiger partial charge is 0.0756 e. The molecule has 110 valence electrons. The molecule has 2 atom stereocenters. The summed E-state index contributed by atoms with van der Waals surface area (Å²) in [6.45, 7) is 8.06. The van der Waals surface area contributed by atoms with Crippen molar-refractivity contribution in [3.8, 4) is 11.8 Å². The molecule has 1 aliphatic carbocycles. The van der Waals surface area contributed by atoms with Gasteiger partial charge in [-0.3, -0.25) is 0 Å². The lowest BCUT2D eigenvalue weighted by Gasteiger charge is -2.36. The standard InChI is InChI=1S/C17H31NO/c1-4-7-9-14-16(18-5-2)17(19-6-3)15-12-10-8-11-13-15/h15-18H,5-6,8-14H2,1-3H3. The van der Waals surface area contributed by atoms with Gasteiger partial charge in [0.15, 0.2) is 0 Å². The summed E-state index contributed by atoms with van der Waals surface area (Å²) in [5.74, 6) is 6.93. The fraction of sp³-hybridized carbons (Fsp3) is 0.882. The Kier molecular flexibility index (Phi) is 8.95. The number of hydrogen-bond donors (Lipinski definition) is 1. The van der Waals surface area contributed by atoms with Crippen LogP contribution in [0.25, 0.3) is 0 Å². The van der Waals surface area contributed by atoms with E-state index in [-0.39, 0.29) is 0 Å². The Labute approximate surface area is 119 Å². The molecule has 0 aliphatic heterocycles. The maximum atomic E-state index is 6.12.